The number of methoxy groups -OCH3 is 1. The molecule has 33 heavy (non-hydrogen) atoms. The lowest BCUT2D eigenvalue weighted by Gasteiger charge is -2.24. The number of esters is 1. The van der Waals surface area contributed by atoms with E-state index in [-0.39, 0.29) is 10.5 Å². The number of ether oxygens (including phenoxy) is 1. The first kappa shape index (κ1) is 22.3. The number of aryl methyl sites for hydroxylation is 1. The monoisotopic (exact) mass is 462 g/mol. The average molecular weight is 463 g/mol. The van der Waals surface area contributed by atoms with Gasteiger partial charge in [-0.1, -0.05) is 54.1 Å². The molecule has 0 amide bonds. The van der Waals surface area contributed by atoms with Gasteiger partial charge in [0.1, 0.15) is 6.54 Å². The number of para-hydroxylation sites is 1. The van der Waals surface area contributed by atoms with Crippen LogP contribution >= 0.6 is 0 Å². The average Bonchev–Trinajstić information content (AvgIpc) is 3.23. The molecule has 0 saturated carbocycles. The summed E-state index contributed by atoms with van der Waals surface area (Å²) in [6.45, 7) is 1.44. The molecule has 168 valence electrons. The minimum Gasteiger partial charge on any atom is -0.465 e. The van der Waals surface area contributed by atoms with Crippen molar-refractivity contribution in [2.24, 2.45) is 0 Å². The molecule has 1 heterocycles. The Hall–Kier alpha value is -3.91. The van der Waals surface area contributed by atoms with Crippen LogP contribution in [0.2, 0.25) is 0 Å². The second-order valence-corrected chi connectivity index (χ2v) is 9.34. The van der Waals surface area contributed by atoms with Crippen molar-refractivity contribution in [2.75, 3.05) is 18.0 Å². The number of fused-ring (bicyclic) bond motifs is 1. The highest BCUT2D eigenvalue weighted by molar-refractivity contribution is 7.92. The van der Waals surface area contributed by atoms with E-state index < -0.39 is 28.4 Å². The molecule has 8 heteroatoms. The predicted octanol–water partition coefficient (Wildman–Crippen LogP) is 4.27. The van der Waals surface area contributed by atoms with Crippen molar-refractivity contribution in [3.63, 3.8) is 0 Å². The number of rotatable bonds is 6. The number of nitrogens with zero attached hydrogens (tertiary/aromatic N) is 2. The quantitative estimate of drug-likeness (QED) is 0.400. The van der Waals surface area contributed by atoms with Gasteiger partial charge in [-0.05, 0) is 37.3 Å². The standard InChI is InChI=1S/C25H22N2O5S/c1-18-12-14-19(15-13-18)27(33(30,31)20-8-4-3-5-9-20)17-24(28)26-16-22(25(29)32-2)21-10-6-7-11-23(21)26/h3-16H,17H2,1-2H3. The molecule has 0 saturated heterocycles. The fraction of sp³-hybridized carbons (Fsp3) is 0.120. The van der Waals surface area contributed by atoms with E-state index in [9.17, 15) is 18.0 Å². The van der Waals surface area contributed by atoms with Gasteiger partial charge in [0.15, 0.2) is 0 Å². The molecule has 3 aromatic carbocycles. The molecule has 0 aliphatic rings. The first-order chi connectivity index (χ1) is 15.8. The van der Waals surface area contributed by atoms with Gasteiger partial charge >= 0.3 is 5.97 Å². The van der Waals surface area contributed by atoms with E-state index in [1.54, 1.807) is 66.7 Å². The molecule has 4 aromatic rings. The summed E-state index contributed by atoms with van der Waals surface area (Å²) in [5.74, 6) is -1.09. The third-order valence-corrected chi connectivity index (χ3v) is 7.11. The van der Waals surface area contributed by atoms with Crippen LogP contribution in [0.25, 0.3) is 10.9 Å². The zero-order valence-corrected chi connectivity index (χ0v) is 19.0. The zero-order valence-electron chi connectivity index (χ0n) is 18.1. The van der Waals surface area contributed by atoms with Crippen LogP contribution in [0.1, 0.15) is 20.7 Å². The Morgan fingerprint density at radius 2 is 1.55 bits per heavy atom. The number of carbonyl (C=O) groups excluding carboxylic acids is 2. The maximum Gasteiger partial charge on any atom is 0.340 e. The van der Waals surface area contributed by atoms with E-state index >= 15 is 0 Å². The third-order valence-electron chi connectivity index (χ3n) is 5.32. The van der Waals surface area contributed by atoms with Gasteiger partial charge in [0.05, 0.1) is 28.8 Å². The van der Waals surface area contributed by atoms with Crippen LogP contribution in [0.15, 0.2) is 90.0 Å². The largest absolute Gasteiger partial charge is 0.465 e. The minimum absolute atomic E-state index is 0.0750. The lowest BCUT2D eigenvalue weighted by molar-refractivity contribution is 0.0603. The molecular weight excluding hydrogens is 440 g/mol. The number of benzene rings is 3. The molecule has 7 nitrogen and oxygen atoms in total. The molecule has 0 N–H and O–H groups in total. The van der Waals surface area contributed by atoms with Crippen molar-refractivity contribution in [3.05, 3.63) is 96.2 Å². The summed E-state index contributed by atoms with van der Waals surface area (Å²) in [5, 5.41) is 0.547. The van der Waals surface area contributed by atoms with Crippen LogP contribution < -0.4 is 4.31 Å². The van der Waals surface area contributed by atoms with Gasteiger partial charge in [0.25, 0.3) is 15.9 Å². The van der Waals surface area contributed by atoms with Gasteiger partial charge in [-0.25, -0.2) is 13.2 Å². The van der Waals surface area contributed by atoms with E-state index in [1.807, 2.05) is 6.92 Å². The maximum atomic E-state index is 13.5. The topological polar surface area (TPSA) is 85.7 Å². The number of sulfonamides is 1. The Morgan fingerprint density at radius 1 is 0.909 bits per heavy atom. The van der Waals surface area contributed by atoms with Gasteiger partial charge in [-0.3, -0.25) is 13.7 Å². The fourth-order valence-electron chi connectivity index (χ4n) is 3.60. The number of hydrogen-bond acceptors (Lipinski definition) is 5. The fourth-order valence-corrected chi connectivity index (χ4v) is 5.04. The molecule has 1 aromatic heterocycles. The van der Waals surface area contributed by atoms with Gasteiger partial charge < -0.3 is 4.74 Å². The second-order valence-electron chi connectivity index (χ2n) is 7.48. The van der Waals surface area contributed by atoms with Crippen LogP contribution in [0, 0.1) is 6.92 Å². The van der Waals surface area contributed by atoms with Gasteiger partial charge in [0, 0.05) is 11.6 Å². The molecule has 0 bridgehead atoms. The van der Waals surface area contributed by atoms with Crippen molar-refractivity contribution in [1.82, 2.24) is 4.57 Å². The Morgan fingerprint density at radius 3 is 2.21 bits per heavy atom. The molecule has 0 aliphatic heterocycles. The Kier molecular flexibility index (Phi) is 6.02. The van der Waals surface area contributed by atoms with Gasteiger partial charge in [0.2, 0.25) is 0 Å². The van der Waals surface area contributed by atoms with Crippen LogP contribution in [-0.4, -0.2) is 38.5 Å². The molecule has 0 radical (unpaired) electrons. The van der Waals surface area contributed by atoms with E-state index in [1.165, 1.54) is 30.0 Å². The SMILES string of the molecule is COC(=O)c1cn(C(=O)CN(c2ccc(C)cc2)S(=O)(=O)c2ccccc2)c2ccccc12. The highest BCUT2D eigenvalue weighted by Gasteiger charge is 2.28. The zero-order chi connectivity index (χ0) is 23.6. The lowest BCUT2D eigenvalue weighted by Crippen LogP contribution is -2.37. The van der Waals surface area contributed by atoms with Crippen LogP contribution in [0.4, 0.5) is 5.69 Å². The summed E-state index contributed by atoms with van der Waals surface area (Å²) in [7, 11) is -2.76. The van der Waals surface area contributed by atoms with Gasteiger partial charge in [-0.15, -0.1) is 0 Å². The number of carbonyl (C=O) groups is 2. The highest BCUT2D eigenvalue weighted by atomic mass is 32.2. The summed E-state index contributed by atoms with van der Waals surface area (Å²) in [5.41, 5.74) is 2.04. The minimum atomic E-state index is -4.03. The van der Waals surface area contributed by atoms with Gasteiger partial charge in [-0.2, -0.15) is 0 Å². The lowest BCUT2D eigenvalue weighted by atomic mass is 10.2. The van der Waals surface area contributed by atoms with Crippen LogP contribution in [0.5, 0.6) is 0 Å². The summed E-state index contributed by atoms with van der Waals surface area (Å²) < 4.78 is 34.2. The number of hydrogen-bond donors (Lipinski definition) is 0. The Bertz CT molecular complexity index is 1420. The normalized spacial score (nSPS) is 11.3. The molecule has 0 spiro atoms. The third kappa shape index (κ3) is 4.25. The maximum absolute atomic E-state index is 13.5. The molecule has 0 fully saturated rings. The van der Waals surface area contributed by atoms with Crippen molar-refractivity contribution in [3.8, 4) is 0 Å². The summed E-state index contributed by atoms with van der Waals surface area (Å²) in [6.07, 6.45) is 1.39. The molecule has 0 unspecified atom stereocenters. The molecular formula is C25H22N2O5S. The van der Waals surface area contributed by atoms with Crippen molar-refractivity contribution >= 4 is 38.5 Å². The number of aromatic nitrogens is 1. The summed E-state index contributed by atoms with van der Waals surface area (Å²) >= 11 is 0. The van der Waals surface area contributed by atoms with E-state index in [0.717, 1.165) is 9.87 Å². The van der Waals surface area contributed by atoms with Crippen molar-refractivity contribution < 1.29 is 22.7 Å². The van der Waals surface area contributed by atoms with Crippen molar-refractivity contribution in [2.45, 2.75) is 11.8 Å². The second kappa shape index (κ2) is 8.91. The summed E-state index contributed by atoms with van der Waals surface area (Å²) in [4.78, 5) is 25.7. The van der Waals surface area contributed by atoms with Crippen LogP contribution in [-0.2, 0) is 14.8 Å². The van der Waals surface area contributed by atoms with E-state index in [2.05, 4.69) is 0 Å². The number of anilines is 1. The molecule has 4 rings (SSSR count). The van der Waals surface area contributed by atoms with Crippen molar-refractivity contribution in [1.29, 1.82) is 0 Å². The van der Waals surface area contributed by atoms with Crippen LogP contribution in [0.3, 0.4) is 0 Å². The molecule has 0 aliphatic carbocycles. The van der Waals surface area contributed by atoms with E-state index in [0.29, 0.717) is 16.6 Å². The Balaban J connectivity index is 1.80. The Labute approximate surface area is 191 Å². The van der Waals surface area contributed by atoms with E-state index in [4.69, 9.17) is 4.74 Å². The first-order valence-corrected chi connectivity index (χ1v) is 11.6. The highest BCUT2D eigenvalue weighted by Crippen LogP contribution is 2.26. The first-order valence-electron chi connectivity index (χ1n) is 10.2. The summed E-state index contributed by atoms with van der Waals surface area (Å²) in [6, 6.07) is 21.8. The predicted molar refractivity (Wildman–Crippen MR) is 126 cm³/mol. The molecule has 0 atom stereocenters. The smallest absolute Gasteiger partial charge is 0.340 e.